The average Bonchev–Trinajstić information content (AvgIpc) is 2.92. The van der Waals surface area contributed by atoms with Crippen LogP contribution in [-0.2, 0) is 13.1 Å². The lowest BCUT2D eigenvalue weighted by Crippen LogP contribution is -2.13. The molecular weight excluding hydrogens is 350 g/mol. The highest BCUT2D eigenvalue weighted by atomic mass is 16.5. The molecule has 1 aromatic carbocycles. The highest BCUT2D eigenvalue weighted by molar-refractivity contribution is 5.41. The molecule has 0 aliphatic heterocycles. The van der Waals surface area contributed by atoms with Crippen LogP contribution in [0, 0.1) is 27.7 Å². The minimum absolute atomic E-state index is 0.228. The Balaban J connectivity index is 1.76. The third-order valence-corrected chi connectivity index (χ3v) is 5.21. The molecule has 148 valence electrons. The monoisotopic (exact) mass is 379 g/mol. The van der Waals surface area contributed by atoms with Gasteiger partial charge in [0.25, 0.3) is 0 Å². The Labute approximate surface area is 167 Å². The van der Waals surface area contributed by atoms with Crippen LogP contribution in [0.15, 0.2) is 30.3 Å². The number of methoxy groups -OCH3 is 1. The summed E-state index contributed by atoms with van der Waals surface area (Å²) in [7, 11) is 1.69. The fraction of sp³-hybridized carbons (Fsp3) is 0.409. The number of anilines is 1. The number of para-hydroxylation sites is 1. The normalized spacial score (nSPS) is 12.1. The summed E-state index contributed by atoms with van der Waals surface area (Å²) in [6.07, 6.45) is 0. The van der Waals surface area contributed by atoms with Crippen LogP contribution in [0.5, 0.6) is 5.75 Å². The first-order chi connectivity index (χ1) is 13.4. The Morgan fingerprint density at radius 3 is 2.54 bits per heavy atom. The minimum Gasteiger partial charge on any atom is -0.496 e. The van der Waals surface area contributed by atoms with Crippen molar-refractivity contribution in [1.82, 2.24) is 19.7 Å². The lowest BCUT2D eigenvalue weighted by Gasteiger charge is -2.15. The van der Waals surface area contributed by atoms with Crippen LogP contribution in [0.4, 0.5) is 5.82 Å². The van der Waals surface area contributed by atoms with Crippen molar-refractivity contribution < 1.29 is 4.74 Å². The standard InChI is InChI=1S/C22H29N5O/c1-14(13-27-17(4)15(2)16(3)26-27)20-11-22(25-18(5)24-20)23-12-19-9-7-8-10-21(19)28-6/h7-11,14H,12-13H2,1-6H3,(H,23,24,25)/t14-/m0/s1. The van der Waals surface area contributed by atoms with E-state index in [4.69, 9.17) is 4.74 Å². The Hall–Kier alpha value is -2.89. The summed E-state index contributed by atoms with van der Waals surface area (Å²) < 4.78 is 7.50. The molecule has 1 atom stereocenters. The molecule has 0 unspecified atom stereocenters. The topological polar surface area (TPSA) is 64.9 Å². The Morgan fingerprint density at radius 1 is 1.11 bits per heavy atom. The van der Waals surface area contributed by atoms with E-state index in [1.54, 1.807) is 7.11 Å². The molecule has 0 bridgehead atoms. The van der Waals surface area contributed by atoms with E-state index in [0.29, 0.717) is 6.54 Å². The molecule has 0 aliphatic carbocycles. The highest BCUT2D eigenvalue weighted by Crippen LogP contribution is 2.22. The number of benzene rings is 1. The molecule has 2 aromatic heterocycles. The lowest BCUT2D eigenvalue weighted by molar-refractivity contribution is 0.410. The first-order valence-corrected chi connectivity index (χ1v) is 9.61. The number of aromatic nitrogens is 4. The smallest absolute Gasteiger partial charge is 0.130 e. The number of hydrogen-bond donors (Lipinski definition) is 1. The largest absolute Gasteiger partial charge is 0.496 e. The fourth-order valence-corrected chi connectivity index (χ4v) is 3.29. The molecule has 0 saturated carbocycles. The lowest BCUT2D eigenvalue weighted by atomic mass is 10.1. The van der Waals surface area contributed by atoms with E-state index in [9.17, 15) is 0 Å². The second kappa shape index (κ2) is 8.42. The van der Waals surface area contributed by atoms with Crippen molar-refractivity contribution in [2.45, 2.75) is 53.6 Å². The predicted molar refractivity (Wildman–Crippen MR) is 112 cm³/mol. The van der Waals surface area contributed by atoms with Gasteiger partial charge in [-0.1, -0.05) is 25.1 Å². The molecule has 6 nitrogen and oxygen atoms in total. The molecular formula is C22H29N5O. The Morgan fingerprint density at radius 2 is 1.86 bits per heavy atom. The SMILES string of the molecule is COc1ccccc1CNc1cc([C@@H](C)Cn2nc(C)c(C)c2C)nc(C)n1. The number of nitrogens with one attached hydrogen (secondary N) is 1. The van der Waals surface area contributed by atoms with E-state index in [-0.39, 0.29) is 5.92 Å². The van der Waals surface area contributed by atoms with Crippen molar-refractivity contribution in [3.05, 3.63) is 64.4 Å². The van der Waals surface area contributed by atoms with Crippen molar-refractivity contribution in [2.24, 2.45) is 0 Å². The first kappa shape index (κ1) is 19.9. The molecule has 6 heteroatoms. The van der Waals surface area contributed by atoms with Gasteiger partial charge in [-0.2, -0.15) is 5.10 Å². The molecule has 3 rings (SSSR count). The van der Waals surface area contributed by atoms with Crippen LogP contribution in [0.2, 0.25) is 0 Å². The van der Waals surface area contributed by atoms with Crippen molar-refractivity contribution in [3.63, 3.8) is 0 Å². The maximum absolute atomic E-state index is 5.43. The zero-order valence-corrected chi connectivity index (χ0v) is 17.6. The molecule has 0 saturated heterocycles. The fourth-order valence-electron chi connectivity index (χ4n) is 3.29. The number of rotatable bonds is 7. The molecule has 28 heavy (non-hydrogen) atoms. The van der Waals surface area contributed by atoms with E-state index < -0.39 is 0 Å². The second-order valence-electron chi connectivity index (χ2n) is 7.27. The maximum atomic E-state index is 5.43. The molecule has 0 spiro atoms. The van der Waals surface area contributed by atoms with Gasteiger partial charge in [0.15, 0.2) is 0 Å². The van der Waals surface area contributed by atoms with E-state index in [1.165, 1.54) is 11.3 Å². The number of nitrogens with zero attached hydrogens (tertiary/aromatic N) is 4. The van der Waals surface area contributed by atoms with Crippen LogP contribution in [0.3, 0.4) is 0 Å². The van der Waals surface area contributed by atoms with Crippen LogP contribution in [-0.4, -0.2) is 26.9 Å². The van der Waals surface area contributed by atoms with Gasteiger partial charge >= 0.3 is 0 Å². The summed E-state index contributed by atoms with van der Waals surface area (Å²) in [6.45, 7) is 11.8. The molecule has 2 heterocycles. The molecule has 0 aliphatic rings. The van der Waals surface area contributed by atoms with Crippen molar-refractivity contribution in [3.8, 4) is 5.75 Å². The van der Waals surface area contributed by atoms with E-state index >= 15 is 0 Å². The molecule has 3 aromatic rings. The molecule has 0 fully saturated rings. The van der Waals surface area contributed by atoms with Crippen LogP contribution < -0.4 is 10.1 Å². The van der Waals surface area contributed by atoms with Crippen molar-refractivity contribution in [1.29, 1.82) is 0 Å². The molecule has 0 amide bonds. The summed E-state index contributed by atoms with van der Waals surface area (Å²) in [5.74, 6) is 2.68. The summed E-state index contributed by atoms with van der Waals surface area (Å²) in [4.78, 5) is 9.20. The van der Waals surface area contributed by atoms with Gasteiger partial charge in [-0.3, -0.25) is 4.68 Å². The van der Waals surface area contributed by atoms with E-state index in [0.717, 1.165) is 40.9 Å². The van der Waals surface area contributed by atoms with Gasteiger partial charge in [0.05, 0.1) is 18.5 Å². The van der Waals surface area contributed by atoms with Crippen LogP contribution in [0.25, 0.3) is 0 Å². The van der Waals surface area contributed by atoms with Crippen molar-refractivity contribution >= 4 is 5.82 Å². The van der Waals surface area contributed by atoms with Gasteiger partial charge in [-0.15, -0.1) is 0 Å². The summed E-state index contributed by atoms with van der Waals surface area (Å²) in [6, 6.07) is 10.0. The Bertz CT molecular complexity index is 964. The zero-order valence-electron chi connectivity index (χ0n) is 17.6. The van der Waals surface area contributed by atoms with Gasteiger partial charge in [0, 0.05) is 36.3 Å². The predicted octanol–water partition coefficient (Wildman–Crippen LogP) is 4.33. The van der Waals surface area contributed by atoms with E-state index in [1.807, 2.05) is 31.2 Å². The minimum atomic E-state index is 0.228. The Kier molecular flexibility index (Phi) is 5.97. The van der Waals surface area contributed by atoms with Gasteiger partial charge in [0.2, 0.25) is 0 Å². The van der Waals surface area contributed by atoms with Gasteiger partial charge in [-0.25, -0.2) is 9.97 Å². The maximum Gasteiger partial charge on any atom is 0.130 e. The number of hydrogen-bond acceptors (Lipinski definition) is 5. The summed E-state index contributed by atoms with van der Waals surface area (Å²) in [5.41, 5.74) is 5.66. The van der Waals surface area contributed by atoms with Gasteiger partial charge < -0.3 is 10.1 Å². The summed E-state index contributed by atoms with van der Waals surface area (Å²) >= 11 is 0. The average molecular weight is 380 g/mol. The van der Waals surface area contributed by atoms with Crippen molar-refractivity contribution in [2.75, 3.05) is 12.4 Å². The second-order valence-corrected chi connectivity index (χ2v) is 7.27. The quantitative estimate of drug-likeness (QED) is 0.662. The zero-order chi connectivity index (χ0) is 20.3. The highest BCUT2D eigenvalue weighted by Gasteiger charge is 2.15. The van der Waals surface area contributed by atoms with Gasteiger partial charge in [-0.05, 0) is 39.3 Å². The van der Waals surface area contributed by atoms with Crippen LogP contribution in [0.1, 0.15) is 46.9 Å². The third-order valence-electron chi connectivity index (χ3n) is 5.21. The van der Waals surface area contributed by atoms with E-state index in [2.05, 4.69) is 58.8 Å². The molecule has 0 radical (unpaired) electrons. The summed E-state index contributed by atoms with van der Waals surface area (Å²) in [5, 5.41) is 8.07. The van der Waals surface area contributed by atoms with Crippen LogP contribution >= 0.6 is 0 Å². The number of ether oxygens (including phenoxy) is 1. The van der Waals surface area contributed by atoms with Gasteiger partial charge in [0.1, 0.15) is 17.4 Å². The molecule has 1 N–H and O–H groups in total. The third kappa shape index (κ3) is 4.32. The first-order valence-electron chi connectivity index (χ1n) is 9.61. The number of aryl methyl sites for hydroxylation is 2.